The van der Waals surface area contributed by atoms with Gasteiger partial charge in [0.05, 0.1) is 25.4 Å². The third-order valence-corrected chi connectivity index (χ3v) is 4.46. The number of piperidine rings is 2. The predicted octanol–water partition coefficient (Wildman–Crippen LogP) is 2.91. The van der Waals surface area contributed by atoms with Crippen molar-refractivity contribution in [2.45, 2.75) is 70.7 Å². The van der Waals surface area contributed by atoms with Gasteiger partial charge >= 0.3 is 12.1 Å². The minimum atomic E-state index is -0.621. The van der Waals surface area contributed by atoms with E-state index in [2.05, 4.69) is 6.58 Å². The molecule has 0 aromatic carbocycles. The van der Waals surface area contributed by atoms with Gasteiger partial charge < -0.3 is 14.2 Å². The van der Waals surface area contributed by atoms with Crippen molar-refractivity contribution in [3.8, 4) is 0 Å². The topological polar surface area (TPSA) is 65.1 Å². The summed E-state index contributed by atoms with van der Waals surface area (Å²) in [7, 11) is 0. The maximum atomic E-state index is 12.8. The van der Waals surface area contributed by atoms with Crippen LogP contribution in [0.1, 0.15) is 47.0 Å². The lowest BCUT2D eigenvalue weighted by Crippen LogP contribution is -2.66. The van der Waals surface area contributed by atoms with Crippen molar-refractivity contribution in [1.29, 1.82) is 0 Å². The second-order valence-electron chi connectivity index (χ2n) is 7.39. The zero-order valence-electron chi connectivity index (χ0n) is 15.1. The third kappa shape index (κ3) is 4.09. The lowest BCUT2D eigenvalue weighted by molar-refractivity contribution is -0.167. The third-order valence-electron chi connectivity index (χ3n) is 4.46. The molecule has 0 radical (unpaired) electrons. The molecule has 4 atom stereocenters. The molecule has 6 nitrogen and oxygen atoms in total. The summed E-state index contributed by atoms with van der Waals surface area (Å²) in [4.78, 5) is 26.8. The maximum absolute atomic E-state index is 12.8. The van der Waals surface area contributed by atoms with Gasteiger partial charge in [-0.2, -0.15) is 0 Å². The van der Waals surface area contributed by atoms with Gasteiger partial charge in [-0.1, -0.05) is 6.08 Å². The molecule has 1 saturated carbocycles. The summed E-state index contributed by atoms with van der Waals surface area (Å²) in [6.45, 7) is 11.6. The molecule has 6 heteroatoms. The van der Waals surface area contributed by atoms with Gasteiger partial charge in [-0.25, -0.2) is 9.59 Å². The molecule has 2 heterocycles. The van der Waals surface area contributed by atoms with E-state index in [-0.39, 0.29) is 24.0 Å². The second kappa shape index (κ2) is 7.55. The molecule has 3 aliphatic rings. The molecule has 1 aliphatic carbocycles. The number of carbonyl (C=O) groups excluding carboxylic acids is 2. The Kier molecular flexibility index (Phi) is 5.91. The van der Waals surface area contributed by atoms with Crippen LogP contribution in [0.15, 0.2) is 12.7 Å². The highest BCUT2D eigenvalue weighted by Gasteiger charge is 2.54. The summed E-state index contributed by atoms with van der Waals surface area (Å²) in [6.07, 6.45) is 3.58. The van der Waals surface area contributed by atoms with E-state index in [1.807, 2.05) is 20.8 Å². The van der Waals surface area contributed by atoms with E-state index in [0.29, 0.717) is 13.2 Å². The Hall–Kier alpha value is -1.56. The van der Waals surface area contributed by atoms with E-state index in [1.165, 1.54) is 0 Å². The van der Waals surface area contributed by atoms with Crippen molar-refractivity contribution >= 4 is 12.1 Å². The van der Waals surface area contributed by atoms with Gasteiger partial charge in [0.25, 0.3) is 0 Å². The molecule has 0 unspecified atom stereocenters. The van der Waals surface area contributed by atoms with E-state index in [1.54, 1.807) is 17.9 Å². The molecular formula is C18H29NO5. The molecule has 0 N–H and O–H groups in total. The van der Waals surface area contributed by atoms with Crippen molar-refractivity contribution in [3.05, 3.63) is 12.7 Å². The van der Waals surface area contributed by atoms with E-state index in [9.17, 15) is 9.59 Å². The zero-order valence-corrected chi connectivity index (χ0v) is 15.1. The lowest BCUT2D eigenvalue weighted by atomic mass is 9.73. The van der Waals surface area contributed by atoms with Crippen LogP contribution in [0.4, 0.5) is 4.79 Å². The molecule has 24 heavy (non-hydrogen) atoms. The molecule has 3 fully saturated rings. The first-order chi connectivity index (χ1) is 11.3. The van der Waals surface area contributed by atoms with Crippen LogP contribution in [0.25, 0.3) is 0 Å². The molecular weight excluding hydrogens is 310 g/mol. The van der Waals surface area contributed by atoms with Crippen LogP contribution in [0, 0.1) is 5.92 Å². The predicted molar refractivity (Wildman–Crippen MR) is 89.6 cm³/mol. The molecule has 1 amide bonds. The van der Waals surface area contributed by atoms with Crippen LogP contribution in [-0.2, 0) is 19.0 Å². The molecule has 2 saturated heterocycles. The standard InChI is InChI=1S/C18H29NO5/c1-6-10-23-14-11-12-8-9-13(14)19(15(12)16(20)22-7-2)17(21)24-18(3,4)5/h6,12-15H,1,7-11H2,2-5H3/t12-,13+,14-,15+/m1/s1. The van der Waals surface area contributed by atoms with Crippen LogP contribution in [0.5, 0.6) is 0 Å². The highest BCUT2D eigenvalue weighted by molar-refractivity contribution is 5.83. The fourth-order valence-corrected chi connectivity index (χ4v) is 3.65. The van der Waals surface area contributed by atoms with Crippen molar-refractivity contribution in [1.82, 2.24) is 4.90 Å². The summed E-state index contributed by atoms with van der Waals surface area (Å²) >= 11 is 0. The summed E-state index contributed by atoms with van der Waals surface area (Å²) < 4.78 is 16.6. The van der Waals surface area contributed by atoms with Gasteiger partial charge in [-0.3, -0.25) is 4.90 Å². The van der Waals surface area contributed by atoms with Gasteiger partial charge in [-0.05, 0) is 52.9 Å². The van der Waals surface area contributed by atoms with Gasteiger partial charge in [0, 0.05) is 0 Å². The van der Waals surface area contributed by atoms with E-state index in [0.717, 1.165) is 19.3 Å². The SMILES string of the molecule is C=CCO[C@@H]1C[C@H]2CC[C@@H]1N(C(=O)OC(C)(C)C)[C@@H]2C(=O)OCC. The van der Waals surface area contributed by atoms with Gasteiger partial charge in [0.2, 0.25) is 0 Å². The number of amides is 1. The lowest BCUT2D eigenvalue weighted by Gasteiger charge is -2.52. The van der Waals surface area contributed by atoms with E-state index >= 15 is 0 Å². The zero-order chi connectivity index (χ0) is 17.9. The minimum Gasteiger partial charge on any atom is -0.464 e. The number of ether oxygens (including phenoxy) is 3. The first kappa shape index (κ1) is 18.8. The Balaban J connectivity index is 2.25. The van der Waals surface area contributed by atoms with Crippen LogP contribution in [0.3, 0.4) is 0 Å². The number of hydrogen-bond donors (Lipinski definition) is 0. The monoisotopic (exact) mass is 339 g/mol. The van der Waals surface area contributed by atoms with Gasteiger partial charge in [-0.15, -0.1) is 6.58 Å². The Labute approximate surface area is 144 Å². The molecule has 0 aromatic rings. The number of carbonyl (C=O) groups is 2. The number of rotatable bonds is 5. The average Bonchev–Trinajstić information content (AvgIpc) is 2.51. The summed E-state index contributed by atoms with van der Waals surface area (Å²) in [5.41, 5.74) is -0.621. The number of fused-ring (bicyclic) bond motifs is 3. The highest BCUT2D eigenvalue weighted by atomic mass is 16.6. The Morgan fingerprint density at radius 2 is 2.00 bits per heavy atom. The smallest absolute Gasteiger partial charge is 0.411 e. The minimum absolute atomic E-state index is 0.0383. The normalized spacial score (nSPS) is 29.2. The highest BCUT2D eigenvalue weighted by Crippen LogP contribution is 2.42. The van der Waals surface area contributed by atoms with Crippen LogP contribution in [-0.4, -0.2) is 54.0 Å². The van der Waals surface area contributed by atoms with Crippen molar-refractivity contribution in [2.75, 3.05) is 13.2 Å². The van der Waals surface area contributed by atoms with Crippen molar-refractivity contribution in [3.63, 3.8) is 0 Å². The molecule has 3 rings (SSSR count). The number of nitrogens with zero attached hydrogens (tertiary/aromatic N) is 1. The fraction of sp³-hybridized carbons (Fsp3) is 0.778. The first-order valence-corrected chi connectivity index (χ1v) is 8.69. The number of hydrogen-bond acceptors (Lipinski definition) is 5. The maximum Gasteiger partial charge on any atom is 0.411 e. The van der Waals surface area contributed by atoms with Crippen molar-refractivity contribution < 1.29 is 23.8 Å². The van der Waals surface area contributed by atoms with E-state index in [4.69, 9.17) is 14.2 Å². The molecule has 0 aromatic heterocycles. The Morgan fingerprint density at radius 3 is 2.58 bits per heavy atom. The van der Waals surface area contributed by atoms with Crippen LogP contribution < -0.4 is 0 Å². The number of esters is 1. The largest absolute Gasteiger partial charge is 0.464 e. The van der Waals surface area contributed by atoms with Crippen LogP contribution in [0.2, 0.25) is 0 Å². The fourth-order valence-electron chi connectivity index (χ4n) is 3.65. The van der Waals surface area contributed by atoms with Gasteiger partial charge in [0.15, 0.2) is 0 Å². The molecule has 2 bridgehead atoms. The molecule has 136 valence electrons. The summed E-state index contributed by atoms with van der Waals surface area (Å²) in [6, 6.07) is -0.749. The van der Waals surface area contributed by atoms with E-state index < -0.39 is 17.7 Å². The van der Waals surface area contributed by atoms with Crippen LogP contribution >= 0.6 is 0 Å². The quantitative estimate of drug-likeness (QED) is 0.569. The van der Waals surface area contributed by atoms with Gasteiger partial charge in [0.1, 0.15) is 11.6 Å². The van der Waals surface area contributed by atoms with Crippen molar-refractivity contribution in [2.24, 2.45) is 5.92 Å². The molecule has 0 spiro atoms. The second-order valence-corrected chi connectivity index (χ2v) is 7.39. The molecule has 2 aliphatic heterocycles. The Bertz CT molecular complexity index is 484. The summed E-state index contributed by atoms with van der Waals surface area (Å²) in [5.74, 6) is -0.309. The Morgan fingerprint density at radius 1 is 1.29 bits per heavy atom. The summed E-state index contributed by atoms with van der Waals surface area (Å²) in [5, 5.41) is 0. The average molecular weight is 339 g/mol. The first-order valence-electron chi connectivity index (χ1n) is 8.69.